The Morgan fingerprint density at radius 1 is 0.660 bits per heavy atom. The molecule has 0 aliphatic carbocycles. The van der Waals surface area contributed by atoms with E-state index in [0.717, 1.165) is 12.8 Å². The zero-order valence-corrected chi connectivity index (χ0v) is 26.7. The summed E-state index contributed by atoms with van der Waals surface area (Å²) in [6.07, 6.45) is -3.88. The molecule has 47 heavy (non-hydrogen) atoms. The molecule has 268 valence electrons. The minimum atomic E-state index is -1.87. The van der Waals surface area contributed by atoms with Crippen molar-refractivity contribution in [2.45, 2.75) is 119 Å². The van der Waals surface area contributed by atoms with Crippen LogP contribution >= 0.6 is 0 Å². The van der Waals surface area contributed by atoms with E-state index >= 15 is 0 Å². The highest BCUT2D eigenvalue weighted by Gasteiger charge is 2.34. The van der Waals surface area contributed by atoms with Crippen LogP contribution in [0.5, 0.6) is 0 Å². The first-order valence-corrected chi connectivity index (χ1v) is 16.3. The zero-order valence-electron chi connectivity index (χ0n) is 26.7. The van der Waals surface area contributed by atoms with Gasteiger partial charge in [-0.05, 0) is 58.0 Å². The molecule has 3 aliphatic rings. The second-order valence-corrected chi connectivity index (χ2v) is 12.0. The lowest BCUT2D eigenvalue weighted by Gasteiger charge is -2.26. The molecule has 0 aromatic heterocycles. The van der Waals surface area contributed by atoms with Crippen molar-refractivity contribution in [2.24, 2.45) is 0 Å². The quantitative estimate of drug-likeness (QED) is 0.0545. The highest BCUT2D eigenvalue weighted by atomic mass is 16.6. The van der Waals surface area contributed by atoms with Crippen LogP contribution in [0.2, 0.25) is 0 Å². The molecule has 17 heteroatoms. The number of nitrogens with one attached hydrogen (secondary N) is 3. The van der Waals surface area contributed by atoms with Crippen LogP contribution in [0, 0.1) is 0 Å². The van der Waals surface area contributed by atoms with Gasteiger partial charge in [-0.25, -0.2) is 0 Å². The molecule has 7 N–H and O–H groups in total. The number of ether oxygens (including phenoxy) is 5. The van der Waals surface area contributed by atoms with E-state index < -0.39 is 91.7 Å². The third-order valence-electron chi connectivity index (χ3n) is 8.27. The Labute approximate surface area is 273 Å². The summed E-state index contributed by atoms with van der Waals surface area (Å²) in [5, 5.41) is 49.1. The monoisotopic (exact) mass is 675 g/mol. The van der Waals surface area contributed by atoms with Crippen molar-refractivity contribution in [3.63, 3.8) is 0 Å². The minimum absolute atomic E-state index is 0.0568. The van der Waals surface area contributed by atoms with Crippen molar-refractivity contribution in [1.82, 2.24) is 16.0 Å². The van der Waals surface area contributed by atoms with Gasteiger partial charge in [-0.1, -0.05) is 6.92 Å². The Balaban J connectivity index is 1.36. The average Bonchev–Trinajstić information content (AvgIpc) is 3.88. The summed E-state index contributed by atoms with van der Waals surface area (Å²) >= 11 is 0. The standard InChI is InChI=1S/C30H49N3O14/c1-2-24(36)43-15-22(34)26(38)27(39)23(35)16-44-25(37)10-8-17-7-9-21(33-17)29(41)46-14-18(47-30(42)20-6-4-12-32-20)13-45-28(40)19-5-3-11-31-19/h17-23,26-27,31-35,38-39H,2-16H2,1H3/t17?,18?,19-,20-,21-,22+,23-,26+,27+/m0/s1. The predicted octanol–water partition coefficient (Wildman–Crippen LogP) is -2.67. The lowest BCUT2D eigenvalue weighted by molar-refractivity contribution is -0.169. The largest absolute Gasteiger partial charge is 0.463 e. The lowest BCUT2D eigenvalue weighted by atomic mass is 10.0. The molecule has 9 atom stereocenters. The van der Waals surface area contributed by atoms with Crippen molar-refractivity contribution in [1.29, 1.82) is 0 Å². The fourth-order valence-corrected chi connectivity index (χ4v) is 5.39. The van der Waals surface area contributed by atoms with Gasteiger partial charge in [0.2, 0.25) is 0 Å². The number of carbonyl (C=O) groups excluding carboxylic acids is 5. The first kappa shape index (κ1) is 38.5. The molecule has 2 unspecified atom stereocenters. The van der Waals surface area contributed by atoms with Crippen LogP contribution in [0.25, 0.3) is 0 Å². The highest BCUT2D eigenvalue weighted by molar-refractivity contribution is 5.78. The summed E-state index contributed by atoms with van der Waals surface area (Å²) in [5.74, 6) is -2.85. The van der Waals surface area contributed by atoms with Crippen LogP contribution < -0.4 is 16.0 Å². The average molecular weight is 676 g/mol. The summed E-state index contributed by atoms with van der Waals surface area (Å²) in [7, 11) is 0. The molecule has 0 amide bonds. The Kier molecular flexibility index (Phi) is 16.2. The molecule has 3 saturated heterocycles. The summed E-state index contributed by atoms with van der Waals surface area (Å²) in [6, 6.07) is -1.79. The molecule has 0 bridgehead atoms. The van der Waals surface area contributed by atoms with E-state index in [1.54, 1.807) is 6.92 Å². The van der Waals surface area contributed by atoms with Gasteiger partial charge in [0.15, 0.2) is 6.10 Å². The van der Waals surface area contributed by atoms with Crippen LogP contribution in [-0.2, 0) is 47.7 Å². The van der Waals surface area contributed by atoms with Crippen molar-refractivity contribution in [3.8, 4) is 0 Å². The van der Waals surface area contributed by atoms with Gasteiger partial charge in [0, 0.05) is 18.9 Å². The van der Waals surface area contributed by atoms with E-state index in [1.165, 1.54) is 0 Å². The van der Waals surface area contributed by atoms with Gasteiger partial charge in [0.25, 0.3) is 0 Å². The number of hydrogen-bond donors (Lipinski definition) is 7. The Morgan fingerprint density at radius 2 is 1.19 bits per heavy atom. The van der Waals surface area contributed by atoms with E-state index in [9.17, 15) is 44.4 Å². The maximum atomic E-state index is 12.8. The predicted molar refractivity (Wildman–Crippen MR) is 159 cm³/mol. The molecular weight excluding hydrogens is 626 g/mol. The topological polar surface area (TPSA) is 249 Å². The van der Waals surface area contributed by atoms with Gasteiger partial charge >= 0.3 is 29.8 Å². The highest BCUT2D eigenvalue weighted by Crippen LogP contribution is 2.19. The summed E-state index contributed by atoms with van der Waals surface area (Å²) in [4.78, 5) is 61.1. The number of aliphatic hydroxyl groups excluding tert-OH is 4. The number of carbonyl (C=O) groups is 5. The molecule has 0 radical (unpaired) electrons. The van der Waals surface area contributed by atoms with E-state index in [4.69, 9.17) is 23.7 Å². The van der Waals surface area contributed by atoms with E-state index in [1.807, 2.05) is 0 Å². The maximum Gasteiger partial charge on any atom is 0.323 e. The third-order valence-corrected chi connectivity index (χ3v) is 8.27. The summed E-state index contributed by atoms with van der Waals surface area (Å²) < 4.78 is 26.0. The molecule has 0 aromatic rings. The van der Waals surface area contributed by atoms with Gasteiger partial charge in [0.1, 0.15) is 69.0 Å². The fraction of sp³-hybridized carbons (Fsp3) is 0.833. The Hall–Kier alpha value is -2.93. The van der Waals surface area contributed by atoms with Crippen LogP contribution in [0.1, 0.15) is 64.7 Å². The molecule has 0 saturated carbocycles. The molecule has 17 nitrogen and oxygen atoms in total. The molecule has 0 spiro atoms. The second-order valence-electron chi connectivity index (χ2n) is 12.0. The second kappa shape index (κ2) is 19.8. The normalized spacial score (nSPS) is 25.6. The third kappa shape index (κ3) is 12.9. The van der Waals surface area contributed by atoms with E-state index in [0.29, 0.717) is 45.2 Å². The minimum Gasteiger partial charge on any atom is -0.463 e. The smallest absolute Gasteiger partial charge is 0.323 e. The van der Waals surface area contributed by atoms with Crippen LogP contribution in [0.15, 0.2) is 0 Å². The Bertz CT molecular complexity index is 1040. The maximum absolute atomic E-state index is 12.8. The van der Waals surface area contributed by atoms with Crippen LogP contribution in [-0.4, -0.2) is 144 Å². The van der Waals surface area contributed by atoms with Gasteiger partial charge in [-0.3, -0.25) is 24.0 Å². The van der Waals surface area contributed by atoms with Gasteiger partial charge in [-0.2, -0.15) is 0 Å². The SMILES string of the molecule is CCC(=O)OC[C@@H](O)[C@@H](O)[C@H](O)[C@@H](O)COC(=O)CCC1CC[C@@H](C(=O)OCC(COC(=O)[C@@H]2CCCN2)OC(=O)[C@@H]2CCCN2)N1. The van der Waals surface area contributed by atoms with Gasteiger partial charge < -0.3 is 60.1 Å². The molecular formula is C30H49N3O14. The first-order valence-electron chi connectivity index (χ1n) is 16.3. The van der Waals surface area contributed by atoms with Crippen molar-refractivity contribution in [3.05, 3.63) is 0 Å². The number of aliphatic hydroxyl groups is 4. The summed E-state index contributed by atoms with van der Waals surface area (Å²) in [5.41, 5.74) is 0. The number of esters is 5. The molecule has 0 aromatic carbocycles. The van der Waals surface area contributed by atoms with Gasteiger partial charge in [-0.15, -0.1) is 0 Å². The van der Waals surface area contributed by atoms with E-state index in [2.05, 4.69) is 16.0 Å². The molecule has 3 heterocycles. The Morgan fingerprint density at radius 3 is 1.72 bits per heavy atom. The molecule has 3 fully saturated rings. The van der Waals surface area contributed by atoms with Crippen molar-refractivity contribution in [2.75, 3.05) is 39.5 Å². The zero-order chi connectivity index (χ0) is 34.3. The van der Waals surface area contributed by atoms with Gasteiger partial charge in [0.05, 0.1) is 0 Å². The number of rotatable bonds is 19. The fourth-order valence-electron chi connectivity index (χ4n) is 5.39. The van der Waals surface area contributed by atoms with Crippen molar-refractivity contribution >= 4 is 29.8 Å². The van der Waals surface area contributed by atoms with E-state index in [-0.39, 0.29) is 32.1 Å². The number of hydrogen-bond acceptors (Lipinski definition) is 17. The lowest BCUT2D eigenvalue weighted by Crippen LogP contribution is -2.48. The first-order chi connectivity index (χ1) is 22.5. The molecule has 3 aliphatic heterocycles. The van der Waals surface area contributed by atoms with Crippen LogP contribution in [0.4, 0.5) is 0 Å². The molecule has 3 rings (SSSR count). The van der Waals surface area contributed by atoms with Crippen LogP contribution in [0.3, 0.4) is 0 Å². The summed E-state index contributed by atoms with van der Waals surface area (Å²) in [6.45, 7) is 1.15. The van der Waals surface area contributed by atoms with Crippen molar-refractivity contribution < 1.29 is 68.1 Å².